The van der Waals surface area contributed by atoms with Gasteiger partial charge in [0, 0.05) is 43.4 Å². The predicted molar refractivity (Wildman–Crippen MR) is 180 cm³/mol. The number of imidazole rings is 1. The van der Waals surface area contributed by atoms with Crippen molar-refractivity contribution in [1.82, 2.24) is 24.3 Å². The molecule has 1 unspecified atom stereocenters. The van der Waals surface area contributed by atoms with Crippen molar-refractivity contribution in [3.05, 3.63) is 107 Å². The summed E-state index contributed by atoms with van der Waals surface area (Å²) in [6.45, 7) is 1.48. The van der Waals surface area contributed by atoms with Gasteiger partial charge in [0.25, 0.3) is 5.91 Å². The van der Waals surface area contributed by atoms with Gasteiger partial charge in [-0.3, -0.25) is 14.0 Å². The summed E-state index contributed by atoms with van der Waals surface area (Å²) in [5.74, 6) is 0.0688. The fourth-order valence-electron chi connectivity index (χ4n) is 5.93. The Kier molecular flexibility index (Phi) is 9.72. The number of hydrogen-bond acceptors (Lipinski definition) is 7. The summed E-state index contributed by atoms with van der Waals surface area (Å²) >= 11 is 0. The number of fused-ring (bicyclic) bond motifs is 1. The Labute approximate surface area is 280 Å². The maximum atomic E-state index is 13.2. The first kappa shape index (κ1) is 33.3. The molecule has 0 bridgehead atoms. The van der Waals surface area contributed by atoms with Crippen LogP contribution < -0.4 is 11.1 Å². The van der Waals surface area contributed by atoms with E-state index in [0.717, 1.165) is 48.3 Å². The predicted octanol–water partition coefficient (Wildman–Crippen LogP) is 6.56. The molecule has 1 saturated heterocycles. The fraction of sp³-hybridized carbons (Fsp3) is 0.250. The van der Waals surface area contributed by atoms with E-state index in [0.29, 0.717) is 42.9 Å². The number of piperidine rings is 1. The Bertz CT molecular complexity index is 1990. The van der Waals surface area contributed by atoms with E-state index in [9.17, 15) is 22.8 Å². The quantitative estimate of drug-likeness (QED) is 0.182. The Morgan fingerprint density at radius 3 is 2.57 bits per heavy atom. The molecule has 1 aliphatic rings. The maximum absolute atomic E-state index is 13.2. The molecule has 13 heteroatoms. The van der Waals surface area contributed by atoms with Gasteiger partial charge in [0.15, 0.2) is 0 Å². The maximum Gasteiger partial charge on any atom is 0.416 e. The van der Waals surface area contributed by atoms with Gasteiger partial charge in [0.1, 0.15) is 28.7 Å². The Morgan fingerprint density at radius 2 is 1.84 bits per heavy atom. The highest BCUT2D eigenvalue weighted by Gasteiger charge is 2.32. The van der Waals surface area contributed by atoms with Gasteiger partial charge < -0.3 is 20.7 Å². The van der Waals surface area contributed by atoms with Crippen LogP contribution in [0.15, 0.2) is 79.1 Å². The van der Waals surface area contributed by atoms with Crippen LogP contribution in [0.25, 0.3) is 28.9 Å². The van der Waals surface area contributed by atoms with Crippen LogP contribution in [-0.4, -0.2) is 62.9 Å². The number of methoxy groups -OCH3 is 1. The average molecular weight is 670 g/mol. The van der Waals surface area contributed by atoms with Crippen LogP contribution in [0.2, 0.25) is 0 Å². The molecule has 49 heavy (non-hydrogen) atoms. The number of ether oxygens (including phenoxy) is 1. The summed E-state index contributed by atoms with van der Waals surface area (Å²) < 4.78 is 46.6. The third-order valence-electron chi connectivity index (χ3n) is 8.39. The largest absolute Gasteiger partial charge is 0.416 e. The monoisotopic (exact) mass is 669 g/mol. The number of aromatic nitrogens is 4. The third-order valence-corrected chi connectivity index (χ3v) is 8.39. The summed E-state index contributed by atoms with van der Waals surface area (Å²) in [6.07, 6.45) is 3.94. The summed E-state index contributed by atoms with van der Waals surface area (Å²) in [7, 11) is 1.57. The molecule has 3 N–H and O–H groups in total. The van der Waals surface area contributed by atoms with E-state index in [2.05, 4.69) is 15.3 Å². The number of hydrogen-bond donors (Lipinski definition) is 2. The standard InChI is InChI=1S/C36H34F3N7O3/c1-49-19-16-30(47)45-18-5-8-26(22-45)34-44-31(32-33(40)42-21-28(46(32)34)14-9-23-6-3-2-4-7-23)24-10-12-25(13-11-24)35(48)43-29-20-27(15-17-41-29)36(37,38)39/h2-4,6-7,9-15,17,20-21,26H,5,8,16,18-19,22H2,1H3,(H2,40,42)(H,41,43,48)/b14-9+. The molecule has 252 valence electrons. The number of alkyl halides is 3. The van der Waals surface area contributed by atoms with E-state index in [-0.39, 0.29) is 29.0 Å². The van der Waals surface area contributed by atoms with Crippen LogP contribution in [0, 0.1) is 0 Å². The molecule has 1 fully saturated rings. The number of pyridine rings is 1. The minimum absolute atomic E-state index is 0.0206. The van der Waals surface area contributed by atoms with Crippen LogP contribution >= 0.6 is 0 Å². The van der Waals surface area contributed by atoms with Gasteiger partial charge in [-0.15, -0.1) is 0 Å². The number of carbonyl (C=O) groups excluding carboxylic acids is 2. The molecular weight excluding hydrogens is 635 g/mol. The molecule has 2 amide bonds. The number of halogens is 3. The van der Waals surface area contributed by atoms with Crippen molar-refractivity contribution < 1.29 is 27.5 Å². The average Bonchev–Trinajstić information content (AvgIpc) is 3.52. The van der Waals surface area contributed by atoms with Crippen molar-refractivity contribution in [3.8, 4) is 11.3 Å². The second-order valence-corrected chi connectivity index (χ2v) is 11.7. The van der Waals surface area contributed by atoms with Crippen molar-refractivity contribution in [3.63, 3.8) is 0 Å². The van der Waals surface area contributed by atoms with E-state index in [4.69, 9.17) is 15.5 Å². The molecule has 0 radical (unpaired) electrons. The van der Waals surface area contributed by atoms with E-state index in [1.54, 1.807) is 37.6 Å². The molecule has 5 aromatic rings. The van der Waals surface area contributed by atoms with Crippen LogP contribution in [0.3, 0.4) is 0 Å². The number of amides is 2. The first-order valence-electron chi connectivity index (χ1n) is 15.7. The summed E-state index contributed by atoms with van der Waals surface area (Å²) in [4.78, 5) is 41.2. The normalized spacial score (nSPS) is 15.2. The highest BCUT2D eigenvalue weighted by molar-refractivity contribution is 6.04. The van der Waals surface area contributed by atoms with Gasteiger partial charge in [-0.2, -0.15) is 13.2 Å². The van der Waals surface area contributed by atoms with Crippen LogP contribution in [0.4, 0.5) is 24.8 Å². The number of nitrogens with zero attached hydrogens (tertiary/aromatic N) is 5. The number of nitrogens with one attached hydrogen (secondary N) is 1. The highest BCUT2D eigenvalue weighted by Crippen LogP contribution is 2.36. The lowest BCUT2D eigenvalue weighted by Gasteiger charge is -2.32. The SMILES string of the molecule is COCCC(=O)N1CCCC(c2nc(-c3ccc(C(=O)Nc4cc(C(F)(F)F)ccn4)cc3)c3c(N)ncc(/C=C/c4ccccc4)n23)C1. The number of nitrogens with two attached hydrogens (primary N) is 1. The topological polar surface area (TPSA) is 128 Å². The van der Waals surface area contributed by atoms with Gasteiger partial charge in [-0.25, -0.2) is 15.0 Å². The zero-order valence-corrected chi connectivity index (χ0v) is 26.7. The number of anilines is 2. The lowest BCUT2D eigenvalue weighted by atomic mass is 9.96. The van der Waals surface area contributed by atoms with E-state index >= 15 is 0 Å². The highest BCUT2D eigenvalue weighted by atomic mass is 19.4. The zero-order valence-electron chi connectivity index (χ0n) is 26.7. The molecule has 10 nitrogen and oxygen atoms in total. The number of carbonyl (C=O) groups is 2. The molecule has 1 aliphatic heterocycles. The number of nitrogen functional groups attached to an aromatic ring is 1. The minimum atomic E-state index is -4.57. The van der Waals surface area contributed by atoms with Gasteiger partial charge in [-0.1, -0.05) is 48.5 Å². The third kappa shape index (κ3) is 7.46. The minimum Gasteiger partial charge on any atom is -0.384 e. The second-order valence-electron chi connectivity index (χ2n) is 11.7. The Morgan fingerprint density at radius 1 is 1.06 bits per heavy atom. The lowest BCUT2D eigenvalue weighted by molar-refractivity contribution is -0.137. The molecule has 2 aromatic carbocycles. The molecule has 4 heterocycles. The van der Waals surface area contributed by atoms with Crippen molar-refractivity contribution in [1.29, 1.82) is 0 Å². The molecule has 0 spiro atoms. The Balaban J connectivity index is 1.37. The first-order valence-corrected chi connectivity index (χ1v) is 15.7. The van der Waals surface area contributed by atoms with Crippen molar-refractivity contribution in [2.45, 2.75) is 31.4 Å². The summed E-state index contributed by atoms with van der Waals surface area (Å²) in [6, 6.07) is 18.0. The van der Waals surface area contributed by atoms with E-state index < -0.39 is 17.6 Å². The Hall–Kier alpha value is -5.56. The molecular formula is C36H34F3N7O3. The molecule has 0 aliphatic carbocycles. The zero-order chi connectivity index (χ0) is 34.5. The molecule has 0 saturated carbocycles. The van der Waals surface area contributed by atoms with Gasteiger partial charge in [0.2, 0.25) is 5.91 Å². The van der Waals surface area contributed by atoms with Crippen LogP contribution in [0.5, 0.6) is 0 Å². The van der Waals surface area contributed by atoms with Crippen molar-refractivity contribution >= 4 is 41.1 Å². The summed E-state index contributed by atoms with van der Waals surface area (Å²) in [5, 5.41) is 2.43. The smallest absolute Gasteiger partial charge is 0.384 e. The number of benzene rings is 2. The van der Waals surface area contributed by atoms with Crippen molar-refractivity contribution in [2.24, 2.45) is 0 Å². The number of rotatable bonds is 9. The van der Waals surface area contributed by atoms with Crippen molar-refractivity contribution in [2.75, 3.05) is 37.9 Å². The van der Waals surface area contributed by atoms with Gasteiger partial charge in [-0.05, 0) is 48.7 Å². The number of likely N-dealkylation sites (tertiary alicyclic amines) is 1. The summed E-state index contributed by atoms with van der Waals surface area (Å²) in [5.41, 5.74) is 9.34. The second kappa shape index (κ2) is 14.3. The fourth-order valence-corrected chi connectivity index (χ4v) is 5.93. The van der Waals surface area contributed by atoms with E-state index in [1.807, 2.05) is 51.8 Å². The molecule has 6 rings (SSSR count). The van der Waals surface area contributed by atoms with Crippen LogP contribution in [-0.2, 0) is 15.7 Å². The molecule has 1 atom stereocenters. The van der Waals surface area contributed by atoms with Crippen LogP contribution in [0.1, 0.15) is 58.2 Å². The van der Waals surface area contributed by atoms with E-state index in [1.165, 1.54) is 0 Å². The van der Waals surface area contributed by atoms with Gasteiger partial charge in [0.05, 0.1) is 30.5 Å². The lowest BCUT2D eigenvalue weighted by Crippen LogP contribution is -2.40. The van der Waals surface area contributed by atoms with Gasteiger partial charge >= 0.3 is 6.18 Å². The molecule has 3 aromatic heterocycles. The first-order chi connectivity index (χ1) is 23.6.